The van der Waals surface area contributed by atoms with E-state index < -0.39 is 23.8 Å². The molecular formula is C10H11BrFN3O2. The number of hydrogen-bond acceptors (Lipinski definition) is 3. The minimum atomic E-state index is -0.948. The van der Waals surface area contributed by atoms with Crippen LogP contribution in [0.1, 0.15) is 6.92 Å². The molecule has 0 heterocycles. The fraction of sp³-hybridized carbons (Fsp3) is 0.200. The van der Waals surface area contributed by atoms with E-state index in [0.29, 0.717) is 4.47 Å². The first-order chi connectivity index (χ1) is 7.91. The van der Waals surface area contributed by atoms with E-state index in [1.807, 2.05) is 5.32 Å². The monoisotopic (exact) mass is 303 g/mol. The maximum Gasteiger partial charge on any atom is 0.318 e. The lowest BCUT2D eigenvalue weighted by molar-refractivity contribution is -0.120. The molecule has 1 aromatic rings. The van der Waals surface area contributed by atoms with Crippen molar-refractivity contribution in [1.29, 1.82) is 0 Å². The van der Waals surface area contributed by atoms with E-state index >= 15 is 0 Å². The molecule has 7 heteroatoms. The number of hydrogen-bond donors (Lipinski definition) is 3. The molecule has 1 aromatic carbocycles. The third-order valence-electron chi connectivity index (χ3n) is 1.96. The summed E-state index contributed by atoms with van der Waals surface area (Å²) in [5, 5.41) is 4.54. The normalized spacial score (nSPS) is 11.7. The highest BCUT2D eigenvalue weighted by Crippen LogP contribution is 2.25. The molecule has 5 nitrogen and oxygen atoms in total. The molecule has 0 spiro atoms. The number of anilines is 1. The van der Waals surface area contributed by atoms with Gasteiger partial charge in [-0.2, -0.15) is 0 Å². The van der Waals surface area contributed by atoms with Crippen LogP contribution in [0.5, 0.6) is 0 Å². The Morgan fingerprint density at radius 1 is 1.47 bits per heavy atom. The second-order valence-electron chi connectivity index (χ2n) is 3.32. The predicted molar refractivity (Wildman–Crippen MR) is 64.9 cm³/mol. The standard InChI is InChI=1S/C10H11BrFN3O2/c1-5(9(16)15-10(13)17)14-8-6(11)3-2-4-7(8)12/h2-5,14H,1H3,(H3,13,15,16,17). The van der Waals surface area contributed by atoms with Crippen molar-refractivity contribution >= 4 is 33.6 Å². The zero-order valence-corrected chi connectivity index (χ0v) is 10.5. The van der Waals surface area contributed by atoms with Gasteiger partial charge in [-0.15, -0.1) is 0 Å². The van der Waals surface area contributed by atoms with Gasteiger partial charge in [-0.1, -0.05) is 6.07 Å². The zero-order valence-electron chi connectivity index (χ0n) is 8.96. The van der Waals surface area contributed by atoms with Crippen LogP contribution in [0, 0.1) is 5.82 Å². The van der Waals surface area contributed by atoms with E-state index in [0.717, 1.165) is 0 Å². The molecule has 0 bridgehead atoms. The van der Waals surface area contributed by atoms with Crippen LogP contribution >= 0.6 is 15.9 Å². The van der Waals surface area contributed by atoms with Crippen molar-refractivity contribution < 1.29 is 14.0 Å². The van der Waals surface area contributed by atoms with Gasteiger partial charge in [0.2, 0.25) is 5.91 Å². The lowest BCUT2D eigenvalue weighted by Crippen LogP contribution is -2.43. The Morgan fingerprint density at radius 3 is 2.65 bits per heavy atom. The van der Waals surface area contributed by atoms with Crippen molar-refractivity contribution in [2.24, 2.45) is 5.73 Å². The van der Waals surface area contributed by atoms with E-state index in [-0.39, 0.29) is 5.69 Å². The predicted octanol–water partition coefficient (Wildman–Crippen LogP) is 1.58. The summed E-state index contributed by atoms with van der Waals surface area (Å²) in [6, 6.07) is 2.67. The van der Waals surface area contributed by atoms with Crippen LogP contribution in [-0.2, 0) is 4.79 Å². The fourth-order valence-electron chi connectivity index (χ4n) is 1.15. The van der Waals surface area contributed by atoms with Crippen molar-refractivity contribution in [3.05, 3.63) is 28.5 Å². The molecule has 0 radical (unpaired) electrons. The molecule has 0 aromatic heterocycles. The Hall–Kier alpha value is -1.63. The van der Waals surface area contributed by atoms with Gasteiger partial charge in [-0.05, 0) is 35.0 Å². The minimum absolute atomic E-state index is 0.152. The van der Waals surface area contributed by atoms with Crippen molar-refractivity contribution in [3.8, 4) is 0 Å². The van der Waals surface area contributed by atoms with E-state index in [9.17, 15) is 14.0 Å². The second-order valence-corrected chi connectivity index (χ2v) is 4.17. The number of primary amides is 1. The zero-order chi connectivity index (χ0) is 13.0. The van der Waals surface area contributed by atoms with E-state index in [4.69, 9.17) is 5.73 Å². The molecule has 92 valence electrons. The summed E-state index contributed by atoms with van der Waals surface area (Å²) >= 11 is 3.15. The molecule has 0 saturated carbocycles. The molecular weight excluding hydrogens is 293 g/mol. The smallest absolute Gasteiger partial charge is 0.318 e. The van der Waals surface area contributed by atoms with Gasteiger partial charge in [-0.3, -0.25) is 10.1 Å². The summed E-state index contributed by atoms with van der Waals surface area (Å²) in [4.78, 5) is 21.8. The summed E-state index contributed by atoms with van der Waals surface area (Å²) in [7, 11) is 0. The third-order valence-corrected chi connectivity index (χ3v) is 2.62. The Morgan fingerprint density at radius 2 is 2.12 bits per heavy atom. The van der Waals surface area contributed by atoms with Gasteiger partial charge in [-0.25, -0.2) is 9.18 Å². The number of halogens is 2. The molecule has 3 amide bonds. The van der Waals surface area contributed by atoms with Crippen LogP contribution in [0.15, 0.2) is 22.7 Å². The molecule has 4 N–H and O–H groups in total. The lowest BCUT2D eigenvalue weighted by atomic mass is 10.2. The van der Waals surface area contributed by atoms with E-state index in [1.165, 1.54) is 19.1 Å². The van der Waals surface area contributed by atoms with Crippen molar-refractivity contribution in [1.82, 2.24) is 5.32 Å². The SMILES string of the molecule is CC(Nc1c(F)cccc1Br)C(=O)NC(N)=O. The first-order valence-electron chi connectivity index (χ1n) is 4.72. The summed E-state index contributed by atoms with van der Waals surface area (Å²) in [6.45, 7) is 1.48. The summed E-state index contributed by atoms with van der Waals surface area (Å²) in [5.74, 6) is -1.13. The maximum atomic E-state index is 13.4. The number of amides is 3. The average molecular weight is 304 g/mol. The van der Waals surface area contributed by atoms with Crippen LogP contribution in [0.2, 0.25) is 0 Å². The number of nitrogens with two attached hydrogens (primary N) is 1. The highest BCUT2D eigenvalue weighted by atomic mass is 79.9. The van der Waals surface area contributed by atoms with Crippen LogP contribution in [0.3, 0.4) is 0 Å². The Bertz CT molecular complexity index is 433. The van der Waals surface area contributed by atoms with E-state index in [1.54, 1.807) is 6.07 Å². The number of carbonyl (C=O) groups excluding carboxylic acids is 2. The molecule has 0 aliphatic rings. The van der Waals surface area contributed by atoms with Gasteiger partial charge >= 0.3 is 6.03 Å². The number of imide groups is 1. The largest absolute Gasteiger partial charge is 0.371 e. The van der Waals surface area contributed by atoms with Gasteiger partial charge in [0.15, 0.2) is 0 Å². The molecule has 0 saturated heterocycles. The number of para-hydroxylation sites is 1. The fourth-order valence-corrected chi connectivity index (χ4v) is 1.60. The van der Waals surface area contributed by atoms with Crippen molar-refractivity contribution in [2.75, 3.05) is 5.32 Å². The molecule has 0 aliphatic carbocycles. The molecule has 0 fully saturated rings. The summed E-state index contributed by atoms with van der Waals surface area (Å²) < 4.78 is 13.9. The average Bonchev–Trinajstić information content (AvgIpc) is 2.22. The van der Waals surface area contributed by atoms with Crippen LogP contribution in [-0.4, -0.2) is 18.0 Å². The Labute approximate surface area is 106 Å². The Balaban J connectivity index is 2.77. The van der Waals surface area contributed by atoms with Gasteiger partial charge in [0.25, 0.3) is 0 Å². The van der Waals surface area contributed by atoms with E-state index in [2.05, 4.69) is 21.2 Å². The second kappa shape index (κ2) is 5.62. The molecule has 1 rings (SSSR count). The number of rotatable bonds is 3. The lowest BCUT2D eigenvalue weighted by Gasteiger charge is -2.15. The first kappa shape index (κ1) is 13.4. The highest BCUT2D eigenvalue weighted by molar-refractivity contribution is 9.10. The maximum absolute atomic E-state index is 13.4. The van der Waals surface area contributed by atoms with Crippen molar-refractivity contribution in [3.63, 3.8) is 0 Å². The van der Waals surface area contributed by atoms with Gasteiger partial charge < -0.3 is 11.1 Å². The minimum Gasteiger partial charge on any atom is -0.371 e. The van der Waals surface area contributed by atoms with Crippen LogP contribution < -0.4 is 16.4 Å². The topological polar surface area (TPSA) is 84.2 Å². The molecule has 17 heavy (non-hydrogen) atoms. The molecule has 1 unspecified atom stereocenters. The number of nitrogens with one attached hydrogen (secondary N) is 2. The number of benzene rings is 1. The summed E-state index contributed by atoms with van der Waals surface area (Å²) in [6.07, 6.45) is 0. The molecule has 0 aliphatic heterocycles. The number of carbonyl (C=O) groups is 2. The summed E-state index contributed by atoms with van der Waals surface area (Å²) in [5.41, 5.74) is 4.95. The van der Waals surface area contributed by atoms with Crippen LogP contribution in [0.25, 0.3) is 0 Å². The van der Waals surface area contributed by atoms with Gasteiger partial charge in [0.1, 0.15) is 11.9 Å². The number of urea groups is 1. The molecule has 1 atom stereocenters. The third kappa shape index (κ3) is 3.70. The first-order valence-corrected chi connectivity index (χ1v) is 5.52. The quantitative estimate of drug-likeness (QED) is 0.792. The van der Waals surface area contributed by atoms with Gasteiger partial charge in [0, 0.05) is 4.47 Å². The Kier molecular flexibility index (Phi) is 4.45. The highest BCUT2D eigenvalue weighted by Gasteiger charge is 2.17. The van der Waals surface area contributed by atoms with Crippen molar-refractivity contribution in [2.45, 2.75) is 13.0 Å². The van der Waals surface area contributed by atoms with Crippen LogP contribution in [0.4, 0.5) is 14.9 Å². The van der Waals surface area contributed by atoms with Gasteiger partial charge in [0.05, 0.1) is 5.69 Å².